The summed E-state index contributed by atoms with van der Waals surface area (Å²) < 4.78 is 1.18. The Kier molecular flexibility index (Phi) is 3.42. The van der Waals surface area contributed by atoms with Crippen molar-refractivity contribution < 1.29 is 0 Å². The van der Waals surface area contributed by atoms with Crippen LogP contribution >= 0.6 is 11.3 Å². The van der Waals surface area contributed by atoms with Gasteiger partial charge in [-0.05, 0) is 29.3 Å². The third kappa shape index (κ3) is 2.52. The summed E-state index contributed by atoms with van der Waals surface area (Å²) in [7, 11) is 0. The highest BCUT2D eigenvalue weighted by Gasteiger charge is 2.10. The molecule has 0 N–H and O–H groups in total. The molecule has 0 atom stereocenters. The third-order valence-corrected chi connectivity index (χ3v) is 4.88. The zero-order valence-electron chi connectivity index (χ0n) is 12.4. The molecule has 1 heterocycles. The van der Waals surface area contributed by atoms with Gasteiger partial charge in [0.05, 0.1) is 10.2 Å². The number of terminal acetylenes is 1. The fraction of sp³-hybridized carbons (Fsp3) is 0. The summed E-state index contributed by atoms with van der Waals surface area (Å²) in [5, 5.41) is 0.971. The Bertz CT molecular complexity index is 990. The Morgan fingerprint density at radius 3 is 2.39 bits per heavy atom. The number of thiazole rings is 1. The second-order valence-corrected chi connectivity index (χ2v) is 6.29. The molecule has 0 aliphatic carbocycles. The van der Waals surface area contributed by atoms with Gasteiger partial charge in [0, 0.05) is 11.1 Å². The van der Waals surface area contributed by atoms with Crippen LogP contribution in [0.1, 0.15) is 5.56 Å². The predicted molar refractivity (Wildman–Crippen MR) is 98.4 cm³/mol. The maximum Gasteiger partial charge on any atom is 0.125 e. The van der Waals surface area contributed by atoms with Gasteiger partial charge in [-0.15, -0.1) is 17.8 Å². The fourth-order valence-electron chi connectivity index (χ4n) is 2.65. The lowest BCUT2D eigenvalue weighted by Crippen LogP contribution is -1.86. The molecule has 23 heavy (non-hydrogen) atoms. The molecular weight excluding hydrogens is 298 g/mol. The van der Waals surface area contributed by atoms with E-state index in [0.29, 0.717) is 0 Å². The number of benzene rings is 3. The zero-order valence-corrected chi connectivity index (χ0v) is 13.2. The Balaban J connectivity index is 1.85. The highest BCUT2D eigenvalue weighted by Crippen LogP contribution is 2.33. The van der Waals surface area contributed by atoms with Gasteiger partial charge in [-0.3, -0.25) is 0 Å². The van der Waals surface area contributed by atoms with Crippen LogP contribution in [0.3, 0.4) is 0 Å². The maximum atomic E-state index is 5.76. The van der Waals surface area contributed by atoms with Crippen molar-refractivity contribution in [3.05, 3.63) is 78.4 Å². The summed E-state index contributed by atoms with van der Waals surface area (Å²) >= 11 is 1.67. The minimum absolute atomic E-state index is 0.880. The van der Waals surface area contributed by atoms with Crippen molar-refractivity contribution >= 4 is 21.6 Å². The normalized spacial score (nSPS) is 10.6. The van der Waals surface area contributed by atoms with Gasteiger partial charge in [0.1, 0.15) is 5.01 Å². The molecule has 2 heteroatoms. The van der Waals surface area contributed by atoms with Gasteiger partial charge in [0.25, 0.3) is 0 Å². The van der Waals surface area contributed by atoms with E-state index in [2.05, 4.69) is 42.3 Å². The molecular formula is C21H13NS. The van der Waals surface area contributed by atoms with Gasteiger partial charge >= 0.3 is 0 Å². The minimum Gasteiger partial charge on any atom is -0.236 e. The molecule has 4 rings (SSSR count). The van der Waals surface area contributed by atoms with Crippen LogP contribution in [0.25, 0.3) is 31.9 Å². The summed E-state index contributed by atoms with van der Waals surface area (Å²) in [6.07, 6.45) is 5.76. The van der Waals surface area contributed by atoms with Gasteiger partial charge in [0.15, 0.2) is 0 Å². The van der Waals surface area contributed by atoms with E-state index in [0.717, 1.165) is 27.2 Å². The number of para-hydroxylation sites is 1. The molecule has 0 saturated carbocycles. The topological polar surface area (TPSA) is 12.9 Å². The molecule has 0 unspecified atom stereocenters. The largest absolute Gasteiger partial charge is 0.236 e. The van der Waals surface area contributed by atoms with Crippen LogP contribution in [-0.2, 0) is 0 Å². The van der Waals surface area contributed by atoms with Gasteiger partial charge in [-0.2, -0.15) is 0 Å². The highest BCUT2D eigenvalue weighted by atomic mass is 32.1. The number of fused-ring (bicyclic) bond motifs is 1. The lowest BCUT2D eigenvalue weighted by molar-refractivity contribution is 1.46. The number of rotatable bonds is 2. The van der Waals surface area contributed by atoms with Gasteiger partial charge < -0.3 is 0 Å². The van der Waals surface area contributed by atoms with Crippen LogP contribution in [-0.4, -0.2) is 4.98 Å². The molecule has 0 aliphatic rings. The molecule has 1 nitrogen and oxygen atoms in total. The van der Waals surface area contributed by atoms with Crippen molar-refractivity contribution in [2.24, 2.45) is 0 Å². The van der Waals surface area contributed by atoms with Crippen molar-refractivity contribution in [3.8, 4) is 34.0 Å². The molecule has 0 radical (unpaired) electrons. The summed E-state index contributed by atoms with van der Waals surface area (Å²) in [4.78, 5) is 4.72. The molecule has 0 saturated heterocycles. The first kappa shape index (κ1) is 13.8. The molecule has 0 spiro atoms. The van der Waals surface area contributed by atoms with Gasteiger partial charge in [-0.25, -0.2) is 4.98 Å². The average molecular weight is 311 g/mol. The van der Waals surface area contributed by atoms with Gasteiger partial charge in [0.2, 0.25) is 0 Å². The van der Waals surface area contributed by atoms with E-state index in [9.17, 15) is 0 Å². The number of hydrogen-bond acceptors (Lipinski definition) is 2. The first-order chi connectivity index (χ1) is 11.3. The van der Waals surface area contributed by atoms with E-state index in [1.807, 2.05) is 36.4 Å². The first-order valence-electron chi connectivity index (χ1n) is 7.37. The lowest BCUT2D eigenvalue weighted by atomic mass is 9.99. The molecule has 1 aromatic heterocycles. The number of nitrogens with zero attached hydrogens (tertiary/aromatic N) is 1. The summed E-state index contributed by atoms with van der Waals surface area (Å²) in [5.74, 6) is 2.82. The third-order valence-electron chi connectivity index (χ3n) is 3.81. The fourth-order valence-corrected chi connectivity index (χ4v) is 3.65. The van der Waals surface area contributed by atoms with Crippen molar-refractivity contribution in [3.63, 3.8) is 0 Å². The molecule has 0 fully saturated rings. The summed E-state index contributed by atoms with van der Waals surface area (Å²) in [6, 6.07) is 24.7. The van der Waals surface area contributed by atoms with E-state index < -0.39 is 0 Å². The van der Waals surface area contributed by atoms with E-state index in [-0.39, 0.29) is 0 Å². The van der Waals surface area contributed by atoms with Crippen molar-refractivity contribution in [1.29, 1.82) is 0 Å². The Labute approximate surface area is 139 Å². The zero-order chi connectivity index (χ0) is 15.6. The molecule has 4 aromatic rings. The van der Waals surface area contributed by atoms with Crippen LogP contribution in [0.4, 0.5) is 0 Å². The van der Waals surface area contributed by atoms with Crippen LogP contribution in [0, 0.1) is 12.3 Å². The Morgan fingerprint density at radius 1 is 0.826 bits per heavy atom. The molecule has 0 bridgehead atoms. The molecule has 0 aliphatic heterocycles. The number of aromatic nitrogens is 1. The monoisotopic (exact) mass is 311 g/mol. The minimum atomic E-state index is 0.880. The van der Waals surface area contributed by atoms with Crippen LogP contribution in [0.2, 0.25) is 0 Å². The molecule has 108 valence electrons. The smallest absolute Gasteiger partial charge is 0.125 e. The Morgan fingerprint density at radius 2 is 1.61 bits per heavy atom. The van der Waals surface area contributed by atoms with E-state index in [4.69, 9.17) is 11.4 Å². The second-order valence-electron chi connectivity index (χ2n) is 5.26. The van der Waals surface area contributed by atoms with Crippen molar-refractivity contribution in [2.75, 3.05) is 0 Å². The molecule has 0 amide bonds. The number of hydrogen-bond donors (Lipinski definition) is 0. The van der Waals surface area contributed by atoms with Crippen LogP contribution < -0.4 is 0 Å². The van der Waals surface area contributed by atoms with E-state index in [1.54, 1.807) is 11.3 Å². The lowest BCUT2D eigenvalue weighted by Gasteiger charge is -2.06. The second kappa shape index (κ2) is 5.72. The van der Waals surface area contributed by atoms with E-state index >= 15 is 0 Å². The average Bonchev–Trinajstić information content (AvgIpc) is 3.06. The van der Waals surface area contributed by atoms with Crippen LogP contribution in [0.5, 0.6) is 0 Å². The summed E-state index contributed by atoms with van der Waals surface area (Å²) in [6.45, 7) is 0. The quantitative estimate of drug-likeness (QED) is 0.438. The van der Waals surface area contributed by atoms with E-state index in [1.165, 1.54) is 10.3 Å². The SMILES string of the molecule is C#Cc1cc(-c2ccccc2)ccc1-c1nc2ccccc2s1. The first-order valence-corrected chi connectivity index (χ1v) is 8.19. The van der Waals surface area contributed by atoms with Crippen LogP contribution in [0.15, 0.2) is 72.8 Å². The maximum absolute atomic E-state index is 5.76. The molecule has 3 aromatic carbocycles. The Hall–Kier alpha value is -2.89. The van der Waals surface area contributed by atoms with Crippen molar-refractivity contribution in [2.45, 2.75) is 0 Å². The predicted octanol–water partition coefficient (Wildman–Crippen LogP) is 5.61. The highest BCUT2D eigenvalue weighted by molar-refractivity contribution is 7.21. The van der Waals surface area contributed by atoms with Crippen molar-refractivity contribution in [1.82, 2.24) is 4.98 Å². The summed E-state index contributed by atoms with van der Waals surface area (Å²) in [5.41, 5.74) is 5.21. The standard InChI is InChI=1S/C21H13NS/c1-2-15-14-17(16-8-4-3-5-9-16)12-13-18(15)21-22-19-10-6-7-11-20(19)23-21/h1,3-14H. The van der Waals surface area contributed by atoms with Gasteiger partial charge in [-0.1, -0.05) is 60.5 Å².